The number of hydrogen-bond acceptors (Lipinski definition) is 4. The summed E-state index contributed by atoms with van der Waals surface area (Å²) in [6, 6.07) is 4.39. The first kappa shape index (κ1) is 13.5. The number of benzene rings is 1. The van der Waals surface area contributed by atoms with E-state index in [0.29, 0.717) is 13.0 Å². The minimum Gasteiger partial charge on any atom is -0.379 e. The number of nitriles is 1. The molecule has 1 aromatic carbocycles. The summed E-state index contributed by atoms with van der Waals surface area (Å²) in [5.41, 5.74) is 5.50. The van der Waals surface area contributed by atoms with Crippen LogP contribution in [-0.4, -0.2) is 24.7 Å². The number of rotatable bonds is 2. The third kappa shape index (κ3) is 2.57. The van der Waals surface area contributed by atoms with Gasteiger partial charge in [-0.1, -0.05) is 0 Å². The van der Waals surface area contributed by atoms with Gasteiger partial charge in [0, 0.05) is 17.9 Å². The van der Waals surface area contributed by atoms with Crippen LogP contribution in [0.1, 0.15) is 17.5 Å². The molecule has 6 heteroatoms. The molecule has 1 saturated heterocycles. The van der Waals surface area contributed by atoms with E-state index in [9.17, 15) is 9.18 Å². The Morgan fingerprint density at radius 1 is 1.63 bits per heavy atom. The van der Waals surface area contributed by atoms with Crippen molar-refractivity contribution in [1.82, 2.24) is 0 Å². The van der Waals surface area contributed by atoms with E-state index in [-0.39, 0.29) is 23.4 Å². The van der Waals surface area contributed by atoms with Gasteiger partial charge >= 0.3 is 0 Å². The summed E-state index contributed by atoms with van der Waals surface area (Å²) in [7, 11) is 0. The highest BCUT2D eigenvalue weighted by atomic mass is 19.1. The topological polar surface area (TPSA) is 88.1 Å². The van der Waals surface area contributed by atoms with E-state index in [1.165, 1.54) is 13.0 Å². The minimum absolute atomic E-state index is 0.137. The van der Waals surface area contributed by atoms with E-state index in [4.69, 9.17) is 15.7 Å². The van der Waals surface area contributed by atoms with Crippen molar-refractivity contribution < 1.29 is 13.9 Å². The molecule has 0 bridgehead atoms. The number of nitrogens with two attached hydrogens (primary N) is 1. The molecular weight excluding hydrogens is 249 g/mol. The highest BCUT2D eigenvalue weighted by Crippen LogP contribution is 2.23. The van der Waals surface area contributed by atoms with Crippen LogP contribution in [0.2, 0.25) is 0 Å². The average molecular weight is 263 g/mol. The van der Waals surface area contributed by atoms with Crippen LogP contribution in [0.15, 0.2) is 12.1 Å². The molecule has 19 heavy (non-hydrogen) atoms. The van der Waals surface area contributed by atoms with Crippen LogP contribution in [0.5, 0.6) is 0 Å². The fraction of sp³-hybridized carbons (Fsp3) is 0.385. The number of amides is 1. The number of nitrogens with zero attached hydrogens (tertiary/aromatic N) is 1. The van der Waals surface area contributed by atoms with Crippen LogP contribution in [-0.2, 0) is 9.53 Å². The molecule has 1 atom stereocenters. The van der Waals surface area contributed by atoms with Gasteiger partial charge in [-0.3, -0.25) is 4.79 Å². The van der Waals surface area contributed by atoms with E-state index >= 15 is 0 Å². The standard InChI is InChI=1S/C13H14FN3O2/c1-8-10(14)4-9(6-15)5-11(8)17-12(18)13(16)2-3-19-7-13/h4-5H,2-3,7,16H2,1H3,(H,17,18). The second-order valence-corrected chi connectivity index (χ2v) is 4.66. The van der Waals surface area contributed by atoms with Gasteiger partial charge in [0.05, 0.1) is 18.2 Å². The maximum Gasteiger partial charge on any atom is 0.246 e. The lowest BCUT2D eigenvalue weighted by molar-refractivity contribution is -0.121. The van der Waals surface area contributed by atoms with E-state index < -0.39 is 17.3 Å². The van der Waals surface area contributed by atoms with Crippen LogP contribution in [0.4, 0.5) is 10.1 Å². The highest BCUT2D eigenvalue weighted by Gasteiger charge is 2.38. The van der Waals surface area contributed by atoms with E-state index in [2.05, 4.69) is 5.32 Å². The van der Waals surface area contributed by atoms with E-state index in [1.807, 2.05) is 6.07 Å². The Labute approximate surface area is 110 Å². The van der Waals surface area contributed by atoms with Crippen LogP contribution in [0.3, 0.4) is 0 Å². The van der Waals surface area contributed by atoms with Gasteiger partial charge in [0.15, 0.2) is 0 Å². The quantitative estimate of drug-likeness (QED) is 0.835. The van der Waals surface area contributed by atoms with Crippen molar-refractivity contribution >= 4 is 11.6 Å². The first-order valence-corrected chi connectivity index (χ1v) is 5.84. The second-order valence-electron chi connectivity index (χ2n) is 4.66. The Bertz CT molecular complexity index is 560. The van der Waals surface area contributed by atoms with Gasteiger partial charge in [-0.2, -0.15) is 5.26 Å². The number of carbonyl (C=O) groups is 1. The summed E-state index contributed by atoms with van der Waals surface area (Å²) in [6.07, 6.45) is 0.415. The lowest BCUT2D eigenvalue weighted by Crippen LogP contribution is -2.51. The molecule has 1 unspecified atom stereocenters. The normalized spacial score (nSPS) is 22.0. The molecule has 2 rings (SSSR count). The van der Waals surface area contributed by atoms with Crippen LogP contribution < -0.4 is 11.1 Å². The number of hydrogen-bond donors (Lipinski definition) is 2. The lowest BCUT2D eigenvalue weighted by Gasteiger charge is -2.21. The first-order valence-electron chi connectivity index (χ1n) is 5.84. The van der Waals surface area contributed by atoms with Gasteiger partial charge in [0.2, 0.25) is 5.91 Å². The number of carbonyl (C=O) groups excluding carboxylic acids is 1. The number of ether oxygens (including phenoxy) is 1. The molecule has 1 heterocycles. The summed E-state index contributed by atoms with van der Waals surface area (Å²) in [4.78, 5) is 12.1. The summed E-state index contributed by atoms with van der Waals surface area (Å²) in [6.45, 7) is 2.09. The molecule has 100 valence electrons. The fourth-order valence-electron chi connectivity index (χ4n) is 1.88. The van der Waals surface area contributed by atoms with Crippen molar-refractivity contribution in [3.8, 4) is 6.07 Å². The maximum atomic E-state index is 13.6. The van der Waals surface area contributed by atoms with Gasteiger partial charge < -0.3 is 15.8 Å². The zero-order valence-electron chi connectivity index (χ0n) is 10.5. The van der Waals surface area contributed by atoms with Crippen LogP contribution in [0.25, 0.3) is 0 Å². The van der Waals surface area contributed by atoms with Crippen molar-refractivity contribution in [2.75, 3.05) is 18.5 Å². The minimum atomic E-state index is -1.09. The number of halogens is 1. The van der Waals surface area contributed by atoms with Gasteiger partial charge in [0.1, 0.15) is 11.4 Å². The van der Waals surface area contributed by atoms with E-state index in [0.717, 1.165) is 6.07 Å². The third-order valence-electron chi connectivity index (χ3n) is 3.23. The van der Waals surface area contributed by atoms with Gasteiger partial charge in [0.25, 0.3) is 0 Å². The SMILES string of the molecule is Cc1c(F)cc(C#N)cc1NC(=O)C1(N)CCOC1. The van der Waals surface area contributed by atoms with Crippen molar-refractivity contribution in [2.45, 2.75) is 18.9 Å². The highest BCUT2D eigenvalue weighted by molar-refractivity contribution is 5.99. The molecule has 3 N–H and O–H groups in total. The molecule has 0 saturated carbocycles. The van der Waals surface area contributed by atoms with Gasteiger partial charge in [-0.05, 0) is 25.5 Å². The Kier molecular flexibility index (Phi) is 3.51. The molecule has 1 aliphatic rings. The molecule has 1 amide bonds. The number of nitrogens with one attached hydrogen (secondary N) is 1. The predicted octanol–water partition coefficient (Wildman–Crippen LogP) is 1.06. The molecular formula is C13H14FN3O2. The van der Waals surface area contributed by atoms with Crippen molar-refractivity contribution in [3.63, 3.8) is 0 Å². The van der Waals surface area contributed by atoms with Crippen molar-refractivity contribution in [3.05, 3.63) is 29.1 Å². The second kappa shape index (κ2) is 4.96. The molecule has 1 fully saturated rings. The summed E-state index contributed by atoms with van der Waals surface area (Å²) in [5.74, 6) is -0.967. The average Bonchev–Trinajstić information content (AvgIpc) is 2.83. The lowest BCUT2D eigenvalue weighted by atomic mass is 9.98. The molecule has 1 aliphatic heterocycles. The third-order valence-corrected chi connectivity index (χ3v) is 3.23. The predicted molar refractivity (Wildman–Crippen MR) is 66.8 cm³/mol. The molecule has 0 radical (unpaired) electrons. The maximum absolute atomic E-state index is 13.6. The Balaban J connectivity index is 2.26. The number of anilines is 1. The Morgan fingerprint density at radius 2 is 2.37 bits per heavy atom. The summed E-state index contributed by atoms with van der Waals surface area (Å²) < 4.78 is 18.7. The largest absolute Gasteiger partial charge is 0.379 e. The zero-order chi connectivity index (χ0) is 14.0. The summed E-state index contributed by atoms with van der Waals surface area (Å²) >= 11 is 0. The van der Waals surface area contributed by atoms with Crippen molar-refractivity contribution in [2.24, 2.45) is 5.73 Å². The summed E-state index contributed by atoms with van der Waals surface area (Å²) in [5, 5.41) is 11.4. The first-order chi connectivity index (χ1) is 8.96. The van der Waals surface area contributed by atoms with Gasteiger partial charge in [-0.25, -0.2) is 4.39 Å². The van der Waals surface area contributed by atoms with Crippen molar-refractivity contribution in [1.29, 1.82) is 5.26 Å². The Morgan fingerprint density at radius 3 is 2.95 bits per heavy atom. The molecule has 1 aromatic rings. The van der Waals surface area contributed by atoms with Crippen LogP contribution in [0, 0.1) is 24.1 Å². The smallest absolute Gasteiger partial charge is 0.246 e. The molecule has 5 nitrogen and oxygen atoms in total. The molecule has 0 aliphatic carbocycles. The fourth-order valence-corrected chi connectivity index (χ4v) is 1.88. The zero-order valence-corrected chi connectivity index (χ0v) is 10.5. The van der Waals surface area contributed by atoms with Gasteiger partial charge in [-0.15, -0.1) is 0 Å². The monoisotopic (exact) mass is 263 g/mol. The molecule has 0 spiro atoms. The van der Waals surface area contributed by atoms with Crippen LogP contribution >= 0.6 is 0 Å². The molecule has 0 aromatic heterocycles. The Hall–Kier alpha value is -1.97. The van der Waals surface area contributed by atoms with E-state index in [1.54, 1.807) is 0 Å².